The standard InChI is InChI=1S/C16H29N5O/c1-13(15-5-3-6-16(21-15)14(2)22)20-12-11-19-9-4-8-18-10-7-17/h3,5-6,15,18-19,21H,4,7-12,17H2,1-2H3. The maximum absolute atomic E-state index is 11.4. The first-order chi connectivity index (χ1) is 10.6. The molecule has 0 aromatic carbocycles. The normalized spacial score (nSPS) is 18.0. The van der Waals surface area contributed by atoms with E-state index in [-0.39, 0.29) is 11.8 Å². The third-order valence-electron chi connectivity index (χ3n) is 3.38. The zero-order valence-corrected chi connectivity index (χ0v) is 13.7. The second-order valence-electron chi connectivity index (χ2n) is 5.31. The Balaban J connectivity index is 2.15. The van der Waals surface area contributed by atoms with Gasteiger partial charge < -0.3 is 21.7 Å². The van der Waals surface area contributed by atoms with Gasteiger partial charge in [-0.05, 0) is 32.5 Å². The molecule has 124 valence electrons. The number of hydrogen-bond acceptors (Lipinski definition) is 6. The van der Waals surface area contributed by atoms with Crippen molar-refractivity contribution in [2.45, 2.75) is 26.3 Å². The molecular weight excluding hydrogens is 278 g/mol. The van der Waals surface area contributed by atoms with Crippen LogP contribution in [0.1, 0.15) is 20.3 Å². The van der Waals surface area contributed by atoms with Gasteiger partial charge in [-0.1, -0.05) is 12.2 Å². The zero-order valence-electron chi connectivity index (χ0n) is 13.7. The van der Waals surface area contributed by atoms with Crippen molar-refractivity contribution < 1.29 is 4.79 Å². The predicted octanol–water partition coefficient (Wildman–Crippen LogP) is -0.0238. The molecule has 0 saturated heterocycles. The molecule has 1 aliphatic heterocycles. The molecule has 0 spiro atoms. The van der Waals surface area contributed by atoms with Crippen LogP contribution in [-0.4, -0.2) is 56.8 Å². The summed E-state index contributed by atoms with van der Waals surface area (Å²) in [6.45, 7) is 8.69. The molecule has 0 bridgehead atoms. The largest absolute Gasteiger partial charge is 0.371 e. The molecule has 0 amide bonds. The summed E-state index contributed by atoms with van der Waals surface area (Å²) in [6.07, 6.45) is 6.81. The Labute approximate surface area is 133 Å². The van der Waals surface area contributed by atoms with Gasteiger partial charge in [-0.2, -0.15) is 0 Å². The van der Waals surface area contributed by atoms with Crippen molar-refractivity contribution in [3.8, 4) is 0 Å². The van der Waals surface area contributed by atoms with Crippen molar-refractivity contribution in [3.05, 3.63) is 23.9 Å². The Kier molecular flexibility index (Phi) is 9.37. The molecule has 0 saturated carbocycles. The molecule has 22 heavy (non-hydrogen) atoms. The lowest BCUT2D eigenvalue weighted by molar-refractivity contribution is -0.114. The van der Waals surface area contributed by atoms with Crippen LogP contribution in [0.4, 0.5) is 0 Å². The van der Waals surface area contributed by atoms with E-state index in [0.717, 1.165) is 44.9 Å². The second kappa shape index (κ2) is 11.1. The van der Waals surface area contributed by atoms with Crippen LogP contribution in [0.3, 0.4) is 0 Å². The smallest absolute Gasteiger partial charge is 0.175 e. The Morgan fingerprint density at radius 1 is 1.27 bits per heavy atom. The fourth-order valence-electron chi connectivity index (χ4n) is 2.09. The fraction of sp³-hybridized carbons (Fsp3) is 0.625. The topological polar surface area (TPSA) is 91.5 Å². The van der Waals surface area contributed by atoms with E-state index >= 15 is 0 Å². The average Bonchev–Trinajstić information content (AvgIpc) is 2.53. The fourth-order valence-corrected chi connectivity index (χ4v) is 2.09. The van der Waals surface area contributed by atoms with Crippen LogP contribution in [0, 0.1) is 0 Å². The minimum absolute atomic E-state index is 0.0179. The minimum Gasteiger partial charge on any atom is -0.371 e. The number of allylic oxidation sites excluding steroid dienone is 3. The number of nitrogens with zero attached hydrogens (tertiary/aromatic N) is 1. The highest BCUT2D eigenvalue weighted by molar-refractivity contribution is 5.96. The number of nitrogens with one attached hydrogen (secondary N) is 3. The van der Waals surface area contributed by atoms with E-state index in [1.165, 1.54) is 0 Å². The molecule has 1 aliphatic rings. The molecule has 1 heterocycles. The van der Waals surface area contributed by atoms with E-state index in [1.807, 2.05) is 19.1 Å². The Morgan fingerprint density at radius 2 is 2.00 bits per heavy atom. The van der Waals surface area contributed by atoms with Gasteiger partial charge in [0.2, 0.25) is 0 Å². The first-order valence-electron chi connectivity index (χ1n) is 7.93. The second-order valence-corrected chi connectivity index (χ2v) is 5.31. The predicted molar refractivity (Wildman–Crippen MR) is 92.2 cm³/mol. The van der Waals surface area contributed by atoms with Crippen molar-refractivity contribution in [2.75, 3.05) is 39.3 Å². The van der Waals surface area contributed by atoms with Crippen LogP contribution in [0.25, 0.3) is 0 Å². The van der Waals surface area contributed by atoms with Gasteiger partial charge in [-0.3, -0.25) is 9.79 Å². The van der Waals surface area contributed by atoms with Crippen LogP contribution in [0.2, 0.25) is 0 Å². The zero-order chi connectivity index (χ0) is 16.2. The summed E-state index contributed by atoms with van der Waals surface area (Å²) in [4.78, 5) is 15.9. The van der Waals surface area contributed by atoms with E-state index in [1.54, 1.807) is 13.0 Å². The SMILES string of the molecule is CC(=O)C1=CC=CC(C(C)=NCCNCCCNCCN)N1. The number of rotatable bonds is 11. The Bertz CT molecular complexity index is 428. The number of carbonyl (C=O) groups is 1. The number of ketones is 1. The van der Waals surface area contributed by atoms with E-state index in [9.17, 15) is 4.79 Å². The first kappa shape index (κ1) is 18.5. The molecule has 5 N–H and O–H groups in total. The van der Waals surface area contributed by atoms with Crippen molar-refractivity contribution >= 4 is 11.5 Å². The molecule has 0 aliphatic carbocycles. The van der Waals surface area contributed by atoms with E-state index in [2.05, 4.69) is 20.9 Å². The molecule has 1 rings (SSSR count). The van der Waals surface area contributed by atoms with E-state index in [0.29, 0.717) is 12.2 Å². The molecule has 0 fully saturated rings. The first-order valence-corrected chi connectivity index (χ1v) is 7.93. The number of Topliss-reactive ketones (excluding diaryl/α,β-unsaturated/α-hetero) is 1. The summed E-state index contributed by atoms with van der Waals surface area (Å²) < 4.78 is 0. The van der Waals surface area contributed by atoms with Gasteiger partial charge in [0.05, 0.1) is 18.3 Å². The Hall–Kier alpha value is -1.50. The molecule has 0 radical (unpaired) electrons. The summed E-state index contributed by atoms with van der Waals surface area (Å²) in [5.74, 6) is 0.0482. The van der Waals surface area contributed by atoms with Gasteiger partial charge in [-0.15, -0.1) is 0 Å². The quantitative estimate of drug-likeness (QED) is 0.318. The maximum Gasteiger partial charge on any atom is 0.175 e. The summed E-state index contributed by atoms with van der Waals surface area (Å²) >= 11 is 0. The van der Waals surface area contributed by atoms with Crippen LogP contribution in [0.5, 0.6) is 0 Å². The summed E-state index contributed by atoms with van der Waals surface area (Å²) in [5, 5.41) is 9.81. The highest BCUT2D eigenvalue weighted by Crippen LogP contribution is 2.05. The van der Waals surface area contributed by atoms with Crippen molar-refractivity contribution in [3.63, 3.8) is 0 Å². The van der Waals surface area contributed by atoms with E-state index in [4.69, 9.17) is 5.73 Å². The number of hydrogen-bond donors (Lipinski definition) is 4. The number of dihydropyridines is 1. The highest BCUT2D eigenvalue weighted by Gasteiger charge is 2.14. The molecule has 0 aromatic heterocycles. The molecule has 6 nitrogen and oxygen atoms in total. The number of aliphatic imine (C=N–C) groups is 1. The van der Waals surface area contributed by atoms with Crippen LogP contribution >= 0.6 is 0 Å². The van der Waals surface area contributed by atoms with Gasteiger partial charge in [0, 0.05) is 32.3 Å². The summed E-state index contributed by atoms with van der Waals surface area (Å²) in [5.41, 5.74) is 7.04. The number of carbonyl (C=O) groups excluding carboxylic acids is 1. The van der Waals surface area contributed by atoms with Gasteiger partial charge in [-0.25, -0.2) is 0 Å². The molecule has 1 atom stereocenters. The van der Waals surface area contributed by atoms with Gasteiger partial charge in [0.1, 0.15) is 0 Å². The average molecular weight is 307 g/mol. The lowest BCUT2D eigenvalue weighted by Gasteiger charge is -2.20. The molecular formula is C16H29N5O. The minimum atomic E-state index is 0.0179. The van der Waals surface area contributed by atoms with E-state index < -0.39 is 0 Å². The molecule has 6 heteroatoms. The third kappa shape index (κ3) is 7.49. The summed E-state index contributed by atoms with van der Waals surface area (Å²) in [6, 6.07) is 0.0179. The maximum atomic E-state index is 11.4. The molecule has 1 unspecified atom stereocenters. The van der Waals surface area contributed by atoms with Crippen LogP contribution < -0.4 is 21.7 Å². The lowest BCUT2D eigenvalue weighted by atomic mass is 10.1. The van der Waals surface area contributed by atoms with Gasteiger partial charge in [0.15, 0.2) is 5.78 Å². The van der Waals surface area contributed by atoms with Crippen molar-refractivity contribution in [1.29, 1.82) is 0 Å². The van der Waals surface area contributed by atoms with Crippen LogP contribution in [-0.2, 0) is 4.79 Å². The third-order valence-corrected chi connectivity index (χ3v) is 3.38. The van der Waals surface area contributed by atoms with Crippen molar-refractivity contribution in [2.24, 2.45) is 10.7 Å². The monoisotopic (exact) mass is 307 g/mol. The van der Waals surface area contributed by atoms with Gasteiger partial charge in [0.25, 0.3) is 0 Å². The Morgan fingerprint density at radius 3 is 2.68 bits per heavy atom. The number of nitrogens with two attached hydrogens (primary N) is 1. The molecule has 0 aromatic rings. The van der Waals surface area contributed by atoms with Crippen molar-refractivity contribution in [1.82, 2.24) is 16.0 Å². The van der Waals surface area contributed by atoms with Gasteiger partial charge >= 0.3 is 0 Å². The van der Waals surface area contributed by atoms with Crippen LogP contribution in [0.15, 0.2) is 28.9 Å². The lowest BCUT2D eigenvalue weighted by Crippen LogP contribution is -2.37. The summed E-state index contributed by atoms with van der Waals surface area (Å²) in [7, 11) is 0. The highest BCUT2D eigenvalue weighted by atomic mass is 16.1.